The number of para-hydroxylation sites is 1. The van der Waals surface area contributed by atoms with Gasteiger partial charge in [0.25, 0.3) is 5.91 Å². The molecule has 1 atom stereocenters. The fraction of sp³-hybridized carbons (Fsp3) is 0.545. The lowest BCUT2D eigenvalue weighted by atomic mass is 9.89. The molecule has 0 bridgehead atoms. The van der Waals surface area contributed by atoms with Crippen LogP contribution < -0.4 is 4.74 Å². The average Bonchev–Trinajstić information content (AvgIpc) is 3.27. The fourth-order valence-corrected chi connectivity index (χ4v) is 4.25. The summed E-state index contributed by atoms with van der Waals surface area (Å²) in [5.41, 5.74) is 1.27. The molecule has 2 aromatic rings. The molecule has 1 aromatic heterocycles. The lowest BCUT2D eigenvalue weighted by Crippen LogP contribution is -2.49. The Kier molecular flexibility index (Phi) is 6.46. The van der Waals surface area contributed by atoms with Crippen LogP contribution in [0.4, 0.5) is 0 Å². The molecule has 2 fully saturated rings. The molecule has 0 spiro atoms. The van der Waals surface area contributed by atoms with Crippen molar-refractivity contribution in [3.8, 4) is 5.75 Å². The first kappa shape index (κ1) is 19.9. The van der Waals surface area contributed by atoms with Gasteiger partial charge in [-0.05, 0) is 43.9 Å². The number of nitrogens with one attached hydrogen (secondary N) is 1. The lowest BCUT2D eigenvalue weighted by Gasteiger charge is -2.40. The van der Waals surface area contributed by atoms with Gasteiger partial charge in [0.05, 0.1) is 18.9 Å². The molecule has 7 heteroatoms. The standard InChI is InChI=1S/C22H30N4O3/c1-17(25-11-13-28-14-12-25)18-7-9-26(10-8-18)22(27)21-15-19(23-24-21)16-29-20-5-3-2-4-6-20/h2-6,15,17-18H,7-14,16H2,1H3,(H,23,24)/t17-/m1/s1. The molecule has 0 aliphatic carbocycles. The molecule has 2 aliphatic rings. The van der Waals surface area contributed by atoms with E-state index in [-0.39, 0.29) is 5.91 Å². The Morgan fingerprint density at radius 2 is 1.93 bits per heavy atom. The van der Waals surface area contributed by atoms with Crippen LogP contribution in [0.3, 0.4) is 0 Å². The summed E-state index contributed by atoms with van der Waals surface area (Å²) in [5.74, 6) is 1.43. The summed E-state index contributed by atoms with van der Waals surface area (Å²) in [4.78, 5) is 17.3. The highest BCUT2D eigenvalue weighted by Crippen LogP contribution is 2.25. The summed E-state index contributed by atoms with van der Waals surface area (Å²) in [6.45, 7) is 7.96. The second-order valence-electron chi connectivity index (χ2n) is 7.90. The van der Waals surface area contributed by atoms with Gasteiger partial charge in [0, 0.05) is 32.2 Å². The van der Waals surface area contributed by atoms with Crippen LogP contribution in [0.15, 0.2) is 36.4 Å². The van der Waals surface area contributed by atoms with E-state index in [1.54, 1.807) is 6.07 Å². The van der Waals surface area contributed by atoms with Gasteiger partial charge in [-0.15, -0.1) is 0 Å². The molecule has 0 saturated carbocycles. The number of amides is 1. The van der Waals surface area contributed by atoms with E-state index >= 15 is 0 Å². The van der Waals surface area contributed by atoms with Crippen LogP contribution in [0, 0.1) is 5.92 Å². The maximum absolute atomic E-state index is 12.8. The van der Waals surface area contributed by atoms with Crippen molar-refractivity contribution >= 4 is 5.91 Å². The molecule has 0 unspecified atom stereocenters. The average molecular weight is 399 g/mol. The summed E-state index contributed by atoms with van der Waals surface area (Å²) in [6, 6.07) is 12.0. The van der Waals surface area contributed by atoms with Crippen molar-refractivity contribution in [1.82, 2.24) is 20.0 Å². The largest absolute Gasteiger partial charge is 0.487 e. The van der Waals surface area contributed by atoms with Gasteiger partial charge in [0.1, 0.15) is 12.4 Å². The third kappa shape index (κ3) is 4.97. The van der Waals surface area contributed by atoms with E-state index in [0.29, 0.717) is 24.3 Å². The van der Waals surface area contributed by atoms with Crippen LogP contribution in [-0.2, 0) is 11.3 Å². The first-order valence-corrected chi connectivity index (χ1v) is 10.5. The van der Waals surface area contributed by atoms with Crippen molar-refractivity contribution in [2.75, 3.05) is 39.4 Å². The van der Waals surface area contributed by atoms with E-state index in [0.717, 1.165) is 63.7 Å². The molecule has 29 heavy (non-hydrogen) atoms. The zero-order valence-electron chi connectivity index (χ0n) is 17.0. The number of H-pyrrole nitrogens is 1. The summed E-state index contributed by atoms with van der Waals surface area (Å²) in [7, 11) is 0. The highest BCUT2D eigenvalue weighted by atomic mass is 16.5. The molecule has 1 amide bonds. The Morgan fingerprint density at radius 3 is 2.66 bits per heavy atom. The highest BCUT2D eigenvalue weighted by molar-refractivity contribution is 5.92. The number of rotatable bonds is 6. The number of benzene rings is 1. The predicted octanol–water partition coefficient (Wildman–Crippen LogP) is 2.56. The van der Waals surface area contributed by atoms with Crippen molar-refractivity contribution in [2.24, 2.45) is 5.92 Å². The number of ether oxygens (including phenoxy) is 2. The number of aromatic nitrogens is 2. The van der Waals surface area contributed by atoms with E-state index in [2.05, 4.69) is 22.0 Å². The van der Waals surface area contributed by atoms with E-state index in [4.69, 9.17) is 9.47 Å². The zero-order valence-corrected chi connectivity index (χ0v) is 17.0. The second-order valence-corrected chi connectivity index (χ2v) is 7.90. The van der Waals surface area contributed by atoms with Crippen molar-refractivity contribution < 1.29 is 14.3 Å². The minimum absolute atomic E-state index is 0.00434. The number of morpholine rings is 1. The normalized spacial score (nSPS) is 19.8. The summed E-state index contributed by atoms with van der Waals surface area (Å²) >= 11 is 0. The summed E-state index contributed by atoms with van der Waals surface area (Å²) < 4.78 is 11.2. The topological polar surface area (TPSA) is 70.7 Å². The first-order valence-electron chi connectivity index (χ1n) is 10.5. The Hall–Kier alpha value is -2.38. The summed E-state index contributed by atoms with van der Waals surface area (Å²) in [5, 5.41) is 7.14. The molecule has 4 rings (SSSR count). The Balaban J connectivity index is 1.26. The van der Waals surface area contributed by atoms with Crippen LogP contribution in [0.25, 0.3) is 0 Å². The maximum Gasteiger partial charge on any atom is 0.274 e. The second kappa shape index (κ2) is 9.41. The predicted molar refractivity (Wildman–Crippen MR) is 110 cm³/mol. The van der Waals surface area contributed by atoms with Crippen LogP contribution in [0.1, 0.15) is 35.9 Å². The molecule has 7 nitrogen and oxygen atoms in total. The number of aromatic amines is 1. The van der Waals surface area contributed by atoms with Gasteiger partial charge in [0.2, 0.25) is 0 Å². The maximum atomic E-state index is 12.8. The third-order valence-electron chi connectivity index (χ3n) is 6.12. The van der Waals surface area contributed by atoms with Gasteiger partial charge in [-0.2, -0.15) is 5.10 Å². The molecule has 156 valence electrons. The molecule has 1 aromatic carbocycles. The van der Waals surface area contributed by atoms with Gasteiger partial charge in [-0.25, -0.2) is 0 Å². The number of likely N-dealkylation sites (tertiary alicyclic amines) is 1. The van der Waals surface area contributed by atoms with Crippen molar-refractivity contribution in [1.29, 1.82) is 0 Å². The minimum atomic E-state index is 0.00434. The summed E-state index contributed by atoms with van der Waals surface area (Å²) in [6.07, 6.45) is 2.08. The van der Waals surface area contributed by atoms with Gasteiger partial charge in [0.15, 0.2) is 5.69 Å². The Bertz CT molecular complexity index is 780. The van der Waals surface area contributed by atoms with Crippen LogP contribution in [-0.4, -0.2) is 71.3 Å². The van der Waals surface area contributed by atoms with E-state index in [9.17, 15) is 4.79 Å². The van der Waals surface area contributed by atoms with E-state index in [1.807, 2.05) is 35.2 Å². The molecular formula is C22H30N4O3. The smallest absolute Gasteiger partial charge is 0.274 e. The molecule has 2 saturated heterocycles. The Labute approximate surface area is 172 Å². The van der Waals surface area contributed by atoms with Gasteiger partial charge in [-0.1, -0.05) is 18.2 Å². The molecule has 1 N–H and O–H groups in total. The number of piperidine rings is 1. The number of nitrogens with zero attached hydrogens (tertiary/aromatic N) is 3. The van der Waals surface area contributed by atoms with Crippen LogP contribution >= 0.6 is 0 Å². The van der Waals surface area contributed by atoms with Gasteiger partial charge >= 0.3 is 0 Å². The van der Waals surface area contributed by atoms with E-state index in [1.165, 1.54) is 0 Å². The number of hydrogen-bond donors (Lipinski definition) is 1. The van der Waals surface area contributed by atoms with Crippen LogP contribution in [0.5, 0.6) is 5.75 Å². The van der Waals surface area contributed by atoms with Gasteiger partial charge < -0.3 is 14.4 Å². The van der Waals surface area contributed by atoms with Crippen molar-refractivity contribution in [3.63, 3.8) is 0 Å². The molecule has 0 radical (unpaired) electrons. The van der Waals surface area contributed by atoms with Crippen molar-refractivity contribution in [3.05, 3.63) is 47.8 Å². The Morgan fingerprint density at radius 1 is 1.21 bits per heavy atom. The molecular weight excluding hydrogens is 368 g/mol. The third-order valence-corrected chi connectivity index (χ3v) is 6.12. The number of hydrogen-bond acceptors (Lipinski definition) is 5. The quantitative estimate of drug-likeness (QED) is 0.810. The van der Waals surface area contributed by atoms with E-state index < -0.39 is 0 Å². The number of carbonyl (C=O) groups is 1. The molecule has 2 aliphatic heterocycles. The zero-order chi connectivity index (χ0) is 20.1. The lowest BCUT2D eigenvalue weighted by molar-refractivity contribution is -0.000986. The molecule has 3 heterocycles. The first-order chi connectivity index (χ1) is 14.2. The fourth-order valence-electron chi connectivity index (χ4n) is 4.25. The van der Waals surface area contributed by atoms with Crippen molar-refractivity contribution in [2.45, 2.75) is 32.4 Å². The monoisotopic (exact) mass is 398 g/mol. The van der Waals surface area contributed by atoms with Crippen LogP contribution in [0.2, 0.25) is 0 Å². The minimum Gasteiger partial charge on any atom is -0.487 e. The highest BCUT2D eigenvalue weighted by Gasteiger charge is 2.30. The SMILES string of the molecule is C[C@H](C1CCN(C(=O)c2cc(COc3ccccc3)[nH]n2)CC1)N1CCOCC1. The van der Waals surface area contributed by atoms with Gasteiger partial charge in [-0.3, -0.25) is 14.8 Å². The number of carbonyl (C=O) groups excluding carboxylic acids is 1.